The number of carbonyl (C=O) groups is 1. The highest BCUT2D eigenvalue weighted by Gasteiger charge is 2.09. The maximum absolute atomic E-state index is 11.0. The molecule has 0 bridgehead atoms. The zero-order valence-electron chi connectivity index (χ0n) is 7.47. The van der Waals surface area contributed by atoms with Crippen molar-refractivity contribution in [2.24, 2.45) is 11.7 Å². The summed E-state index contributed by atoms with van der Waals surface area (Å²) in [6.45, 7) is -0.105. The van der Waals surface area contributed by atoms with Crippen molar-refractivity contribution in [1.82, 2.24) is 5.43 Å². The third kappa shape index (κ3) is 2.19. The Labute approximate surface area is 81.0 Å². The van der Waals surface area contributed by atoms with Crippen LogP contribution in [0.4, 0.5) is 10.5 Å². The van der Waals surface area contributed by atoms with Crippen molar-refractivity contribution >= 4 is 11.7 Å². The number of hydrogen-bond acceptors (Lipinski definition) is 4. The third-order valence-corrected chi connectivity index (χ3v) is 1.71. The van der Waals surface area contributed by atoms with Crippen LogP contribution in [-0.2, 0) is 6.61 Å². The van der Waals surface area contributed by atoms with Crippen molar-refractivity contribution in [3.63, 3.8) is 0 Å². The quantitative estimate of drug-likeness (QED) is 0.289. The molecule has 6 nitrogen and oxygen atoms in total. The second-order valence-corrected chi connectivity index (χ2v) is 2.65. The van der Waals surface area contributed by atoms with Crippen LogP contribution in [-0.4, -0.2) is 11.1 Å². The van der Waals surface area contributed by atoms with Crippen LogP contribution in [0.15, 0.2) is 24.3 Å². The molecule has 6 N–H and O–H groups in total. The Morgan fingerprint density at radius 2 is 2.29 bits per heavy atom. The van der Waals surface area contributed by atoms with Crippen molar-refractivity contribution in [1.29, 1.82) is 0 Å². The second kappa shape index (κ2) is 4.56. The largest absolute Gasteiger partial charge is 0.392 e. The zero-order valence-corrected chi connectivity index (χ0v) is 7.47. The van der Waals surface area contributed by atoms with Gasteiger partial charge in [-0.05, 0) is 17.7 Å². The molecular formula is C8H12N4O2. The lowest BCUT2D eigenvalue weighted by molar-refractivity contribution is 0.246. The summed E-state index contributed by atoms with van der Waals surface area (Å²) in [5.74, 6) is 10.3. The van der Waals surface area contributed by atoms with Crippen LogP contribution in [0.3, 0.4) is 0 Å². The van der Waals surface area contributed by atoms with Crippen LogP contribution in [0.2, 0.25) is 0 Å². The minimum atomic E-state index is -0.625. The normalized spacial score (nSPS) is 9.64. The Kier molecular flexibility index (Phi) is 3.41. The molecule has 0 aliphatic heterocycles. The Balaban J connectivity index is 2.89. The molecule has 1 aromatic rings. The average molecular weight is 196 g/mol. The topological polar surface area (TPSA) is 105 Å². The summed E-state index contributed by atoms with van der Waals surface area (Å²) >= 11 is 0. The first-order valence-corrected chi connectivity index (χ1v) is 3.94. The fourth-order valence-corrected chi connectivity index (χ4v) is 0.991. The first kappa shape index (κ1) is 10.5. The van der Waals surface area contributed by atoms with Gasteiger partial charge >= 0.3 is 6.03 Å². The first-order valence-electron chi connectivity index (χ1n) is 3.94. The lowest BCUT2D eigenvalue weighted by Crippen LogP contribution is -2.47. The molecule has 0 radical (unpaired) electrons. The van der Waals surface area contributed by atoms with E-state index in [4.69, 9.17) is 16.8 Å². The smallest absolute Gasteiger partial charge is 0.350 e. The van der Waals surface area contributed by atoms with Gasteiger partial charge in [0.1, 0.15) is 0 Å². The highest BCUT2D eigenvalue weighted by atomic mass is 16.3. The summed E-state index contributed by atoms with van der Waals surface area (Å²) in [6, 6.07) is 6.01. The summed E-state index contributed by atoms with van der Waals surface area (Å²) in [7, 11) is 0. The monoisotopic (exact) mass is 196 g/mol. The Morgan fingerprint density at radius 3 is 2.86 bits per heavy atom. The summed E-state index contributed by atoms with van der Waals surface area (Å²) < 4.78 is 0. The number of nitrogens with two attached hydrogens (primary N) is 2. The predicted octanol–water partition coefficient (Wildman–Crippen LogP) is -0.558. The Hall–Kier alpha value is -1.63. The van der Waals surface area contributed by atoms with Gasteiger partial charge in [-0.3, -0.25) is 5.43 Å². The zero-order chi connectivity index (χ0) is 10.6. The van der Waals surface area contributed by atoms with Gasteiger partial charge in [0.05, 0.1) is 12.3 Å². The van der Waals surface area contributed by atoms with Crippen LogP contribution >= 0.6 is 0 Å². The number of hydrogen-bond donors (Lipinski definition) is 4. The number of carbonyl (C=O) groups excluding carboxylic acids is 1. The lowest BCUT2D eigenvalue weighted by Gasteiger charge is -2.15. The molecule has 2 amide bonds. The molecule has 0 fully saturated rings. The van der Waals surface area contributed by atoms with Crippen LogP contribution in [0.25, 0.3) is 0 Å². The van der Waals surface area contributed by atoms with Crippen molar-refractivity contribution in [2.75, 3.05) is 5.01 Å². The molecule has 0 saturated carbocycles. The van der Waals surface area contributed by atoms with E-state index in [0.717, 1.165) is 5.01 Å². The SMILES string of the molecule is NNC(=O)N(N)c1cccc(CO)c1. The summed E-state index contributed by atoms with van der Waals surface area (Å²) in [4.78, 5) is 11.0. The van der Waals surface area contributed by atoms with Crippen molar-refractivity contribution in [2.45, 2.75) is 6.61 Å². The number of benzene rings is 1. The van der Waals surface area contributed by atoms with E-state index in [9.17, 15) is 4.79 Å². The maximum atomic E-state index is 11.0. The van der Waals surface area contributed by atoms with Crippen LogP contribution in [0.5, 0.6) is 0 Å². The average Bonchev–Trinajstić information content (AvgIpc) is 2.27. The number of aliphatic hydroxyl groups is 1. The van der Waals surface area contributed by atoms with Crippen molar-refractivity contribution in [3.8, 4) is 0 Å². The van der Waals surface area contributed by atoms with E-state index in [1.807, 2.05) is 5.43 Å². The number of nitrogens with zero attached hydrogens (tertiary/aromatic N) is 1. The Morgan fingerprint density at radius 1 is 1.57 bits per heavy atom. The molecule has 6 heteroatoms. The molecule has 0 unspecified atom stereocenters. The highest BCUT2D eigenvalue weighted by molar-refractivity contribution is 5.90. The van der Waals surface area contributed by atoms with Gasteiger partial charge in [-0.15, -0.1) is 0 Å². The molecule has 0 spiro atoms. The van der Waals surface area contributed by atoms with E-state index in [1.54, 1.807) is 24.3 Å². The van der Waals surface area contributed by atoms with Gasteiger partial charge < -0.3 is 5.11 Å². The fourth-order valence-electron chi connectivity index (χ4n) is 0.991. The number of nitrogens with one attached hydrogen (secondary N) is 1. The minimum absolute atomic E-state index is 0.105. The number of aliphatic hydroxyl groups excluding tert-OH is 1. The molecule has 14 heavy (non-hydrogen) atoms. The number of hydrazine groups is 2. The molecule has 0 atom stereocenters. The fraction of sp³-hybridized carbons (Fsp3) is 0.125. The van der Waals surface area contributed by atoms with E-state index < -0.39 is 6.03 Å². The third-order valence-electron chi connectivity index (χ3n) is 1.71. The summed E-state index contributed by atoms with van der Waals surface area (Å²) in [6.07, 6.45) is 0. The summed E-state index contributed by atoms with van der Waals surface area (Å²) in [5, 5.41) is 9.72. The van der Waals surface area contributed by atoms with E-state index in [1.165, 1.54) is 0 Å². The first-order chi connectivity index (χ1) is 6.69. The van der Waals surface area contributed by atoms with Crippen LogP contribution < -0.4 is 22.1 Å². The van der Waals surface area contributed by atoms with Crippen molar-refractivity contribution in [3.05, 3.63) is 29.8 Å². The molecule has 0 saturated heterocycles. The second-order valence-electron chi connectivity index (χ2n) is 2.65. The number of urea groups is 1. The van der Waals surface area contributed by atoms with Gasteiger partial charge in [0.2, 0.25) is 0 Å². The van der Waals surface area contributed by atoms with Gasteiger partial charge in [0.25, 0.3) is 0 Å². The van der Waals surface area contributed by atoms with E-state index in [0.29, 0.717) is 11.3 Å². The summed E-state index contributed by atoms with van der Waals surface area (Å²) in [5.41, 5.74) is 3.03. The minimum Gasteiger partial charge on any atom is -0.392 e. The number of amides is 2. The number of rotatable bonds is 2. The van der Waals surface area contributed by atoms with Gasteiger partial charge in [0.15, 0.2) is 0 Å². The standard InChI is InChI=1S/C8H12N4O2/c9-11-8(14)12(10)7-3-1-2-6(4-7)5-13/h1-4,13H,5,9-10H2,(H,11,14). The molecule has 1 rings (SSSR count). The van der Waals surface area contributed by atoms with Gasteiger partial charge in [-0.1, -0.05) is 12.1 Å². The molecule has 0 aliphatic rings. The molecule has 0 aromatic heterocycles. The highest BCUT2D eigenvalue weighted by Crippen LogP contribution is 2.13. The van der Waals surface area contributed by atoms with Gasteiger partial charge in [-0.25, -0.2) is 21.5 Å². The Bertz CT molecular complexity index is 329. The lowest BCUT2D eigenvalue weighted by atomic mass is 10.2. The molecule has 0 heterocycles. The molecular weight excluding hydrogens is 184 g/mol. The van der Waals surface area contributed by atoms with Crippen LogP contribution in [0.1, 0.15) is 5.56 Å². The van der Waals surface area contributed by atoms with E-state index in [-0.39, 0.29) is 6.61 Å². The predicted molar refractivity (Wildman–Crippen MR) is 51.8 cm³/mol. The van der Waals surface area contributed by atoms with E-state index >= 15 is 0 Å². The van der Waals surface area contributed by atoms with Gasteiger partial charge in [-0.2, -0.15) is 0 Å². The number of anilines is 1. The molecule has 76 valence electrons. The van der Waals surface area contributed by atoms with Crippen LogP contribution in [0, 0.1) is 0 Å². The van der Waals surface area contributed by atoms with E-state index in [2.05, 4.69) is 0 Å². The maximum Gasteiger partial charge on any atom is 0.350 e. The molecule has 1 aromatic carbocycles. The molecule has 0 aliphatic carbocycles. The van der Waals surface area contributed by atoms with Gasteiger partial charge in [0, 0.05) is 0 Å². The van der Waals surface area contributed by atoms with Crippen molar-refractivity contribution < 1.29 is 9.90 Å².